The van der Waals surface area contributed by atoms with E-state index in [4.69, 9.17) is 9.72 Å². The second-order valence-electron chi connectivity index (χ2n) is 19.2. The number of benzene rings is 6. The molecule has 8 aromatic rings. The van der Waals surface area contributed by atoms with Crippen LogP contribution in [0.2, 0.25) is 0 Å². The number of hydrogen-bond donors (Lipinski definition) is 0. The number of para-hydroxylation sites is 2. The van der Waals surface area contributed by atoms with Crippen LogP contribution in [0.1, 0.15) is 79.0 Å². The van der Waals surface area contributed by atoms with Gasteiger partial charge < -0.3 is 14.5 Å². The molecule has 2 aromatic heterocycles. The predicted molar refractivity (Wildman–Crippen MR) is 249 cm³/mol. The van der Waals surface area contributed by atoms with Gasteiger partial charge in [0.05, 0.1) is 22.4 Å². The maximum atomic E-state index is 15.4. The summed E-state index contributed by atoms with van der Waals surface area (Å²) < 4.78 is 24.4. The van der Waals surface area contributed by atoms with Gasteiger partial charge in [-0.15, -0.1) is 0 Å². The van der Waals surface area contributed by atoms with Crippen molar-refractivity contribution < 1.29 is 9.13 Å². The number of ether oxygens (including phenoxy) is 1. The Morgan fingerprint density at radius 1 is 0.517 bits per heavy atom. The van der Waals surface area contributed by atoms with Crippen molar-refractivity contribution in [3.8, 4) is 28.4 Å². The minimum atomic E-state index is -0.254. The van der Waals surface area contributed by atoms with Crippen LogP contribution in [0.4, 0.5) is 27.1 Å². The second kappa shape index (κ2) is 14.4. The van der Waals surface area contributed by atoms with Crippen molar-refractivity contribution in [2.45, 2.75) is 78.6 Å². The van der Waals surface area contributed by atoms with E-state index in [1.807, 2.05) is 42.6 Å². The Hall–Kier alpha value is -6.40. The van der Waals surface area contributed by atoms with E-state index in [1.54, 1.807) is 6.07 Å². The van der Waals surface area contributed by atoms with E-state index in [-0.39, 0.29) is 22.1 Å². The summed E-state index contributed by atoms with van der Waals surface area (Å²) in [6.07, 6.45) is 1.88. The van der Waals surface area contributed by atoms with Crippen LogP contribution in [0, 0.1) is 5.82 Å². The van der Waals surface area contributed by atoms with Crippen molar-refractivity contribution >= 4 is 44.6 Å². The summed E-state index contributed by atoms with van der Waals surface area (Å²) in [7, 11) is 0. The summed E-state index contributed by atoms with van der Waals surface area (Å²) in [5.41, 5.74) is 11.6. The van der Waals surface area contributed by atoms with Crippen LogP contribution in [-0.2, 0) is 16.2 Å². The Balaban J connectivity index is 1.12. The van der Waals surface area contributed by atoms with Gasteiger partial charge in [-0.2, -0.15) is 0 Å². The van der Waals surface area contributed by atoms with Gasteiger partial charge in [-0.3, -0.25) is 4.57 Å². The summed E-state index contributed by atoms with van der Waals surface area (Å²) in [4.78, 5) is 9.70. The standard InChI is InChI=1S/C54H53FN4O/c1-52(2,3)35-26-27-56-50(31-35)59-48-23-15-19-43(42-18-10-11-20-45(42)55)51(48)44-25-24-41(33-49(44)59)60-40-17-14-16-38(32-40)57-34-58(47-22-13-12-21-46(47)57)39-29-36(53(4,5)6)28-37(30-39)54(7,8)9/h10-33H,34H2,1-9H3. The van der Waals surface area contributed by atoms with E-state index in [9.17, 15) is 0 Å². The number of halogens is 1. The molecule has 0 radical (unpaired) electrons. The highest BCUT2D eigenvalue weighted by atomic mass is 19.1. The van der Waals surface area contributed by atoms with Crippen LogP contribution in [0.15, 0.2) is 146 Å². The highest BCUT2D eigenvalue weighted by molar-refractivity contribution is 6.16. The second-order valence-corrected chi connectivity index (χ2v) is 19.2. The Morgan fingerprint density at radius 3 is 1.82 bits per heavy atom. The van der Waals surface area contributed by atoms with Crippen molar-refractivity contribution in [3.05, 3.63) is 168 Å². The number of nitrogens with zero attached hydrogens (tertiary/aromatic N) is 4. The lowest BCUT2D eigenvalue weighted by atomic mass is 9.80. The lowest BCUT2D eigenvalue weighted by molar-refractivity contribution is 0.483. The van der Waals surface area contributed by atoms with E-state index in [0.717, 1.165) is 50.3 Å². The molecule has 3 heterocycles. The van der Waals surface area contributed by atoms with Crippen LogP contribution >= 0.6 is 0 Å². The molecule has 6 heteroatoms. The van der Waals surface area contributed by atoms with Gasteiger partial charge >= 0.3 is 0 Å². The Morgan fingerprint density at radius 2 is 1.13 bits per heavy atom. The minimum Gasteiger partial charge on any atom is -0.457 e. The molecule has 5 nitrogen and oxygen atoms in total. The third-order valence-electron chi connectivity index (χ3n) is 11.8. The molecule has 1 aliphatic heterocycles. The van der Waals surface area contributed by atoms with Gasteiger partial charge in [0, 0.05) is 46.0 Å². The van der Waals surface area contributed by atoms with Crippen molar-refractivity contribution in [2.24, 2.45) is 0 Å². The maximum Gasteiger partial charge on any atom is 0.137 e. The van der Waals surface area contributed by atoms with E-state index >= 15 is 4.39 Å². The number of anilines is 4. The van der Waals surface area contributed by atoms with Crippen molar-refractivity contribution in [1.29, 1.82) is 0 Å². The van der Waals surface area contributed by atoms with Crippen LogP contribution in [-0.4, -0.2) is 16.2 Å². The molecule has 0 amide bonds. The van der Waals surface area contributed by atoms with E-state index in [0.29, 0.717) is 18.0 Å². The first-order chi connectivity index (χ1) is 28.5. The smallest absolute Gasteiger partial charge is 0.137 e. The molecular formula is C54H53FN4O. The SMILES string of the molecule is CC(C)(C)c1cc(N2CN(c3cccc(Oc4ccc5c6c(-c7ccccc7F)cccc6n(-c6cc(C(C)(C)C)ccn6)c5c4)c3)c3ccccc32)cc(C(C)(C)C)c1. The molecule has 0 saturated heterocycles. The van der Waals surface area contributed by atoms with Gasteiger partial charge in [0.1, 0.15) is 29.8 Å². The van der Waals surface area contributed by atoms with Gasteiger partial charge in [-0.25, -0.2) is 9.37 Å². The monoisotopic (exact) mass is 792 g/mol. The molecule has 9 rings (SSSR count). The molecule has 0 spiro atoms. The Kier molecular flexibility index (Phi) is 9.38. The number of fused-ring (bicyclic) bond motifs is 4. The first-order valence-corrected chi connectivity index (χ1v) is 20.9. The number of pyridine rings is 1. The molecule has 302 valence electrons. The highest BCUT2D eigenvalue weighted by Crippen LogP contribution is 2.47. The largest absolute Gasteiger partial charge is 0.457 e. The first kappa shape index (κ1) is 39.1. The Labute approximate surface area is 353 Å². The maximum absolute atomic E-state index is 15.4. The molecule has 0 saturated carbocycles. The van der Waals surface area contributed by atoms with Gasteiger partial charge in [0.25, 0.3) is 0 Å². The van der Waals surface area contributed by atoms with Gasteiger partial charge in [0.15, 0.2) is 0 Å². The number of aromatic nitrogens is 2. The third-order valence-corrected chi connectivity index (χ3v) is 11.8. The highest BCUT2D eigenvalue weighted by Gasteiger charge is 2.30. The summed E-state index contributed by atoms with van der Waals surface area (Å²) in [6, 6.07) is 47.6. The molecular weight excluding hydrogens is 740 g/mol. The number of rotatable bonds is 6. The summed E-state index contributed by atoms with van der Waals surface area (Å²) in [5.74, 6) is 1.97. The van der Waals surface area contributed by atoms with Crippen molar-refractivity contribution in [2.75, 3.05) is 16.5 Å². The zero-order valence-corrected chi connectivity index (χ0v) is 36.1. The molecule has 0 unspecified atom stereocenters. The minimum absolute atomic E-state index is 0.00701. The Bertz CT molecular complexity index is 2890. The molecule has 60 heavy (non-hydrogen) atoms. The lowest BCUT2D eigenvalue weighted by Gasteiger charge is -2.29. The van der Waals surface area contributed by atoms with Crippen molar-refractivity contribution in [3.63, 3.8) is 0 Å². The fourth-order valence-electron chi connectivity index (χ4n) is 8.41. The number of hydrogen-bond acceptors (Lipinski definition) is 4. The van der Waals surface area contributed by atoms with Crippen molar-refractivity contribution in [1.82, 2.24) is 9.55 Å². The van der Waals surface area contributed by atoms with Gasteiger partial charge in [-0.05, 0) is 111 Å². The van der Waals surface area contributed by atoms with Crippen LogP contribution < -0.4 is 14.5 Å². The average molecular weight is 793 g/mol. The zero-order valence-electron chi connectivity index (χ0n) is 36.1. The fraction of sp³-hybridized carbons (Fsp3) is 0.241. The third kappa shape index (κ3) is 7.08. The molecule has 0 atom stereocenters. The zero-order chi connectivity index (χ0) is 42.1. The molecule has 0 aliphatic carbocycles. The topological polar surface area (TPSA) is 33.5 Å². The van der Waals surface area contributed by atoms with Crippen LogP contribution in [0.5, 0.6) is 11.5 Å². The summed E-state index contributed by atoms with van der Waals surface area (Å²) >= 11 is 0. The molecule has 0 bridgehead atoms. The van der Waals surface area contributed by atoms with Crippen LogP contribution in [0.3, 0.4) is 0 Å². The molecule has 6 aromatic carbocycles. The molecule has 0 fully saturated rings. The van der Waals surface area contributed by atoms with E-state index < -0.39 is 0 Å². The molecule has 1 aliphatic rings. The first-order valence-electron chi connectivity index (χ1n) is 20.9. The summed E-state index contributed by atoms with van der Waals surface area (Å²) in [5, 5.41) is 1.96. The molecule has 0 N–H and O–H groups in total. The lowest BCUT2D eigenvalue weighted by Crippen LogP contribution is -2.25. The normalized spacial score (nSPS) is 13.4. The summed E-state index contributed by atoms with van der Waals surface area (Å²) in [6.45, 7) is 21.0. The van der Waals surface area contributed by atoms with Gasteiger partial charge in [0.2, 0.25) is 0 Å². The fourth-order valence-corrected chi connectivity index (χ4v) is 8.41. The van der Waals surface area contributed by atoms with Gasteiger partial charge in [-0.1, -0.05) is 117 Å². The van der Waals surface area contributed by atoms with Crippen LogP contribution in [0.25, 0.3) is 38.8 Å². The average Bonchev–Trinajstić information content (AvgIpc) is 3.76. The van der Waals surface area contributed by atoms with E-state index in [1.165, 1.54) is 34.1 Å². The predicted octanol–water partition coefficient (Wildman–Crippen LogP) is 14.9. The quantitative estimate of drug-likeness (QED) is 0.168. The van der Waals surface area contributed by atoms with E-state index in [2.05, 4.69) is 168 Å².